The molecule has 0 atom stereocenters. The number of pyridine rings is 1. The van der Waals surface area contributed by atoms with E-state index in [1.54, 1.807) is 0 Å². The van der Waals surface area contributed by atoms with Crippen LogP contribution in [-0.2, 0) is 6.54 Å². The van der Waals surface area contributed by atoms with Crippen LogP contribution in [0.4, 0.5) is 5.69 Å². The number of aryl methyl sites for hydroxylation is 1. The second-order valence-corrected chi connectivity index (χ2v) is 3.90. The summed E-state index contributed by atoms with van der Waals surface area (Å²) in [5, 5.41) is 0. The molecule has 0 radical (unpaired) electrons. The van der Waals surface area contributed by atoms with Crippen molar-refractivity contribution in [1.29, 1.82) is 0 Å². The fourth-order valence-corrected chi connectivity index (χ4v) is 1.44. The highest BCUT2D eigenvalue weighted by molar-refractivity contribution is 5.41. The number of aromatic nitrogens is 1. The fraction of sp³-hybridized carbons (Fsp3) is 0.583. The normalized spacial score (nSPS) is 9.53. The lowest BCUT2D eigenvalue weighted by molar-refractivity contribution is -0.697. The van der Waals surface area contributed by atoms with E-state index in [4.69, 9.17) is 0 Å². The van der Waals surface area contributed by atoms with E-state index in [1.807, 2.05) is 0 Å². The van der Waals surface area contributed by atoms with Crippen molar-refractivity contribution in [2.24, 2.45) is 0 Å². The molecule has 0 aliphatic rings. The third kappa shape index (κ3) is 5.03. The third-order valence-electron chi connectivity index (χ3n) is 2.41. The Labute approximate surface area is 99.3 Å². The molecule has 0 aliphatic heterocycles. The topological polar surface area (TPSA) is 7.12 Å². The first-order chi connectivity index (χ1) is 6.74. The summed E-state index contributed by atoms with van der Waals surface area (Å²) >= 11 is 0. The number of anilines is 1. The maximum atomic E-state index is 2.25. The Morgan fingerprint density at radius 2 is 1.73 bits per heavy atom. The minimum atomic E-state index is 0. The summed E-state index contributed by atoms with van der Waals surface area (Å²) in [4.78, 5) is 2.12. The van der Waals surface area contributed by atoms with Crippen LogP contribution in [0.15, 0.2) is 24.5 Å². The first-order valence-corrected chi connectivity index (χ1v) is 5.40. The van der Waals surface area contributed by atoms with Crippen LogP contribution in [-0.4, -0.2) is 14.1 Å². The van der Waals surface area contributed by atoms with Gasteiger partial charge < -0.3 is 17.3 Å². The molecule has 1 rings (SSSR count). The van der Waals surface area contributed by atoms with Gasteiger partial charge in [-0.25, -0.2) is 4.57 Å². The van der Waals surface area contributed by atoms with E-state index in [-0.39, 0.29) is 12.4 Å². The maximum Gasteiger partial charge on any atom is 0.170 e. The number of hydrogen-bond acceptors (Lipinski definition) is 1. The summed E-state index contributed by atoms with van der Waals surface area (Å²) in [7, 11) is 4.13. The number of hydrogen-bond donors (Lipinski definition) is 0. The van der Waals surface area contributed by atoms with Crippen molar-refractivity contribution in [2.45, 2.75) is 32.7 Å². The molecule has 0 unspecified atom stereocenters. The van der Waals surface area contributed by atoms with Crippen LogP contribution < -0.4 is 21.9 Å². The molecule has 1 aromatic rings. The van der Waals surface area contributed by atoms with Gasteiger partial charge in [0.05, 0.1) is 0 Å². The summed E-state index contributed by atoms with van der Waals surface area (Å²) in [5.41, 5.74) is 1.26. The third-order valence-corrected chi connectivity index (χ3v) is 2.41. The lowest BCUT2D eigenvalue weighted by Crippen LogP contribution is -3.00. The zero-order valence-electron chi connectivity index (χ0n) is 9.91. The Balaban J connectivity index is 0.00000196. The van der Waals surface area contributed by atoms with E-state index in [0.717, 1.165) is 6.54 Å². The molecule has 15 heavy (non-hydrogen) atoms. The van der Waals surface area contributed by atoms with Gasteiger partial charge in [-0.3, -0.25) is 0 Å². The first kappa shape index (κ1) is 14.2. The molecule has 0 saturated heterocycles. The van der Waals surface area contributed by atoms with Crippen molar-refractivity contribution in [3.05, 3.63) is 24.5 Å². The van der Waals surface area contributed by atoms with E-state index in [2.05, 4.69) is 55.0 Å². The first-order valence-electron chi connectivity index (χ1n) is 5.40. The number of halogens is 1. The largest absolute Gasteiger partial charge is 1.00 e. The molecule has 1 aromatic heterocycles. The summed E-state index contributed by atoms with van der Waals surface area (Å²) in [6.07, 6.45) is 8.21. The van der Waals surface area contributed by atoms with Crippen LogP contribution in [0.1, 0.15) is 26.2 Å². The summed E-state index contributed by atoms with van der Waals surface area (Å²) in [5.74, 6) is 0. The predicted octanol–water partition coefficient (Wildman–Crippen LogP) is -0.766. The average molecular weight is 229 g/mol. The van der Waals surface area contributed by atoms with Gasteiger partial charge in [-0.15, -0.1) is 0 Å². The van der Waals surface area contributed by atoms with Crippen LogP contribution in [0.2, 0.25) is 0 Å². The molecule has 0 aromatic carbocycles. The van der Waals surface area contributed by atoms with E-state index in [0.29, 0.717) is 0 Å². The van der Waals surface area contributed by atoms with E-state index < -0.39 is 0 Å². The van der Waals surface area contributed by atoms with Gasteiger partial charge in [0.25, 0.3) is 0 Å². The van der Waals surface area contributed by atoms with Crippen molar-refractivity contribution in [3.8, 4) is 0 Å². The van der Waals surface area contributed by atoms with Gasteiger partial charge in [-0.2, -0.15) is 0 Å². The molecule has 0 fully saturated rings. The summed E-state index contributed by atoms with van der Waals surface area (Å²) in [6, 6.07) is 4.32. The predicted molar refractivity (Wildman–Crippen MR) is 60.5 cm³/mol. The molecule has 0 aliphatic carbocycles. The smallest absolute Gasteiger partial charge is 0.170 e. The van der Waals surface area contributed by atoms with Crippen molar-refractivity contribution < 1.29 is 17.0 Å². The molecule has 0 saturated carbocycles. The van der Waals surface area contributed by atoms with Gasteiger partial charge in [-0.1, -0.05) is 13.3 Å². The lowest BCUT2D eigenvalue weighted by atomic mass is 10.2. The standard InChI is InChI=1S/C12H21N2.ClH/c1-4-5-6-9-14-10-7-12(8-11-14)13(2)3;/h7-8,10-11H,4-6,9H2,1-3H3;1H/q+1;/p-1. The zero-order valence-corrected chi connectivity index (χ0v) is 10.7. The van der Waals surface area contributed by atoms with Crippen LogP contribution in [0.3, 0.4) is 0 Å². The second kappa shape index (κ2) is 7.52. The molecule has 0 N–H and O–H groups in total. The highest BCUT2D eigenvalue weighted by Crippen LogP contribution is 2.06. The van der Waals surface area contributed by atoms with Crippen LogP contribution >= 0.6 is 0 Å². The summed E-state index contributed by atoms with van der Waals surface area (Å²) in [6.45, 7) is 3.38. The molecule has 2 nitrogen and oxygen atoms in total. The molecule has 86 valence electrons. The fourth-order valence-electron chi connectivity index (χ4n) is 1.44. The molecule has 3 heteroatoms. The van der Waals surface area contributed by atoms with Crippen LogP contribution in [0.25, 0.3) is 0 Å². The van der Waals surface area contributed by atoms with Gasteiger partial charge >= 0.3 is 0 Å². The molecule has 0 amide bonds. The molecular formula is C12H21ClN2. The van der Waals surface area contributed by atoms with E-state index in [1.165, 1.54) is 24.9 Å². The molecular weight excluding hydrogens is 208 g/mol. The van der Waals surface area contributed by atoms with Gasteiger partial charge in [0.15, 0.2) is 12.4 Å². The van der Waals surface area contributed by atoms with Gasteiger partial charge in [0.1, 0.15) is 6.54 Å². The molecule has 0 spiro atoms. The van der Waals surface area contributed by atoms with Gasteiger partial charge in [0, 0.05) is 38.3 Å². The van der Waals surface area contributed by atoms with Crippen molar-refractivity contribution in [1.82, 2.24) is 0 Å². The minimum Gasteiger partial charge on any atom is -1.00 e. The van der Waals surface area contributed by atoms with Crippen LogP contribution in [0, 0.1) is 0 Å². The van der Waals surface area contributed by atoms with E-state index in [9.17, 15) is 0 Å². The molecule has 1 heterocycles. The highest BCUT2D eigenvalue weighted by atomic mass is 35.5. The number of rotatable bonds is 5. The highest BCUT2D eigenvalue weighted by Gasteiger charge is 2.00. The van der Waals surface area contributed by atoms with Crippen molar-refractivity contribution >= 4 is 5.69 Å². The second-order valence-electron chi connectivity index (χ2n) is 3.90. The Bertz CT molecular complexity index is 257. The SMILES string of the molecule is CCCCC[n+]1ccc(N(C)C)cc1.[Cl-]. The van der Waals surface area contributed by atoms with Crippen LogP contribution in [0.5, 0.6) is 0 Å². The van der Waals surface area contributed by atoms with Gasteiger partial charge in [-0.05, 0) is 6.42 Å². The Morgan fingerprint density at radius 1 is 1.13 bits per heavy atom. The lowest BCUT2D eigenvalue weighted by Gasteiger charge is -2.10. The zero-order chi connectivity index (χ0) is 10.4. The quantitative estimate of drug-likeness (QED) is 0.475. The van der Waals surface area contributed by atoms with Crippen molar-refractivity contribution in [3.63, 3.8) is 0 Å². The molecule has 0 bridgehead atoms. The van der Waals surface area contributed by atoms with Gasteiger partial charge in [0.2, 0.25) is 0 Å². The summed E-state index contributed by atoms with van der Waals surface area (Å²) < 4.78 is 2.25. The minimum absolute atomic E-state index is 0. The Kier molecular flexibility index (Phi) is 7.14. The maximum absolute atomic E-state index is 2.25. The van der Waals surface area contributed by atoms with E-state index >= 15 is 0 Å². The number of nitrogens with zero attached hydrogens (tertiary/aromatic N) is 2. The average Bonchev–Trinajstić information content (AvgIpc) is 2.19. The number of unbranched alkanes of at least 4 members (excludes halogenated alkanes) is 2. The Morgan fingerprint density at radius 3 is 2.20 bits per heavy atom. The van der Waals surface area contributed by atoms with Crippen molar-refractivity contribution in [2.75, 3.05) is 19.0 Å². The monoisotopic (exact) mass is 228 g/mol. The Hall–Kier alpha value is -0.760.